The largest absolute Gasteiger partial charge is 0.369 e. The van der Waals surface area contributed by atoms with E-state index in [1.165, 1.54) is 0 Å². The van der Waals surface area contributed by atoms with Gasteiger partial charge in [0.15, 0.2) is 5.96 Å². The fourth-order valence-electron chi connectivity index (χ4n) is 2.58. The molecule has 20 heavy (non-hydrogen) atoms. The smallest absolute Gasteiger partial charge is 0.196 e. The maximum absolute atomic E-state index is 6.32. The van der Waals surface area contributed by atoms with Crippen LogP contribution in [0.5, 0.6) is 0 Å². The minimum absolute atomic E-state index is 0.349. The number of nitrogens with two attached hydrogens (primary N) is 1. The molecule has 1 aromatic heterocycles. The quantitative estimate of drug-likeness (QED) is 0.923. The maximum Gasteiger partial charge on any atom is 0.196 e. The third kappa shape index (κ3) is 1.93. The van der Waals surface area contributed by atoms with Crippen LogP contribution in [-0.2, 0) is 5.54 Å². The van der Waals surface area contributed by atoms with E-state index < -0.39 is 0 Å². The number of benzene rings is 1. The van der Waals surface area contributed by atoms with Crippen LogP contribution in [0.2, 0.25) is 5.02 Å². The fraction of sp³-hybridized carbons (Fsp3) is 0.200. The van der Waals surface area contributed by atoms with Crippen LogP contribution in [0.4, 0.5) is 5.69 Å². The summed E-state index contributed by atoms with van der Waals surface area (Å²) in [5.74, 6) is 0.484. The Hall–Kier alpha value is -2.07. The summed E-state index contributed by atoms with van der Waals surface area (Å²) in [7, 11) is 0. The van der Waals surface area contributed by atoms with Crippen molar-refractivity contribution >= 4 is 23.2 Å². The summed E-state index contributed by atoms with van der Waals surface area (Å²) < 4.78 is 0. The normalized spacial score (nSPS) is 21.9. The summed E-state index contributed by atoms with van der Waals surface area (Å²) in [5, 5.41) is 0.660. The Bertz CT molecular complexity index is 656. The second kappa shape index (κ2) is 4.80. The number of halogens is 1. The summed E-state index contributed by atoms with van der Waals surface area (Å²) in [6.45, 7) is 2.70. The molecule has 1 aromatic carbocycles. The van der Waals surface area contributed by atoms with Crippen molar-refractivity contribution in [3.05, 3.63) is 59.4 Å². The van der Waals surface area contributed by atoms with Crippen molar-refractivity contribution in [1.29, 1.82) is 0 Å². The summed E-state index contributed by atoms with van der Waals surface area (Å²) >= 11 is 6.32. The zero-order valence-electron chi connectivity index (χ0n) is 11.1. The Morgan fingerprint density at radius 3 is 2.60 bits per heavy atom. The van der Waals surface area contributed by atoms with Crippen LogP contribution in [0.15, 0.2) is 53.8 Å². The lowest BCUT2D eigenvalue weighted by Gasteiger charge is -2.37. The Labute approximate surface area is 122 Å². The van der Waals surface area contributed by atoms with E-state index in [9.17, 15) is 0 Å². The van der Waals surface area contributed by atoms with Gasteiger partial charge in [-0.3, -0.25) is 14.9 Å². The molecule has 102 valence electrons. The van der Waals surface area contributed by atoms with E-state index >= 15 is 0 Å². The Balaban J connectivity index is 2.12. The molecule has 2 heterocycles. The molecule has 4 nitrogen and oxygen atoms in total. The van der Waals surface area contributed by atoms with Gasteiger partial charge in [-0.25, -0.2) is 0 Å². The standard InChI is InChI=1S/C15H15ClN4/c1-15(11-6-8-18-9-7-11)10-19-14(17)20(15)13-5-3-2-4-12(13)16/h2-9H,10H2,1H3,(H2,17,19). The minimum Gasteiger partial charge on any atom is -0.369 e. The molecule has 0 saturated carbocycles. The highest BCUT2D eigenvalue weighted by Gasteiger charge is 2.41. The first-order chi connectivity index (χ1) is 9.63. The van der Waals surface area contributed by atoms with E-state index in [2.05, 4.69) is 16.9 Å². The molecule has 3 rings (SSSR count). The highest BCUT2D eigenvalue weighted by atomic mass is 35.5. The van der Waals surface area contributed by atoms with Gasteiger partial charge in [0.05, 0.1) is 22.8 Å². The van der Waals surface area contributed by atoms with Crippen LogP contribution in [0.3, 0.4) is 0 Å². The number of para-hydroxylation sites is 1. The van der Waals surface area contributed by atoms with Crippen molar-refractivity contribution in [3.63, 3.8) is 0 Å². The van der Waals surface area contributed by atoms with E-state index in [4.69, 9.17) is 17.3 Å². The topological polar surface area (TPSA) is 54.5 Å². The second-order valence-electron chi connectivity index (χ2n) is 4.97. The molecule has 2 N–H and O–H groups in total. The minimum atomic E-state index is -0.349. The molecule has 1 unspecified atom stereocenters. The number of guanidine groups is 1. The van der Waals surface area contributed by atoms with Gasteiger partial charge in [0.1, 0.15) is 0 Å². The van der Waals surface area contributed by atoms with E-state index in [1.54, 1.807) is 12.4 Å². The van der Waals surface area contributed by atoms with E-state index in [1.807, 2.05) is 41.3 Å². The summed E-state index contributed by atoms with van der Waals surface area (Å²) in [4.78, 5) is 10.5. The number of anilines is 1. The van der Waals surface area contributed by atoms with Crippen LogP contribution < -0.4 is 10.6 Å². The van der Waals surface area contributed by atoms with Gasteiger partial charge in [0.25, 0.3) is 0 Å². The van der Waals surface area contributed by atoms with Gasteiger partial charge in [-0.2, -0.15) is 0 Å². The maximum atomic E-state index is 6.32. The van der Waals surface area contributed by atoms with Crippen molar-refractivity contribution in [2.75, 3.05) is 11.4 Å². The van der Waals surface area contributed by atoms with Crippen molar-refractivity contribution in [2.24, 2.45) is 10.7 Å². The first-order valence-electron chi connectivity index (χ1n) is 6.38. The van der Waals surface area contributed by atoms with Gasteiger partial charge in [0, 0.05) is 12.4 Å². The molecule has 0 radical (unpaired) electrons. The van der Waals surface area contributed by atoms with Crippen molar-refractivity contribution in [1.82, 2.24) is 4.98 Å². The number of hydrogen-bond donors (Lipinski definition) is 1. The summed E-state index contributed by atoms with van der Waals surface area (Å²) in [5.41, 5.74) is 7.72. The SMILES string of the molecule is CC1(c2ccncc2)CN=C(N)N1c1ccccc1Cl. The lowest BCUT2D eigenvalue weighted by atomic mass is 9.91. The predicted octanol–water partition coefficient (Wildman–Crippen LogP) is 2.79. The number of aliphatic imine (C=N–C) groups is 1. The molecule has 2 aromatic rings. The zero-order valence-corrected chi connectivity index (χ0v) is 11.9. The van der Waals surface area contributed by atoms with Crippen molar-refractivity contribution in [2.45, 2.75) is 12.5 Å². The monoisotopic (exact) mass is 286 g/mol. The van der Waals surface area contributed by atoms with Crippen LogP contribution >= 0.6 is 11.6 Å². The molecular weight excluding hydrogens is 272 g/mol. The Morgan fingerprint density at radius 1 is 1.20 bits per heavy atom. The Kier molecular flexibility index (Phi) is 3.10. The molecule has 0 amide bonds. The van der Waals surface area contributed by atoms with Crippen LogP contribution in [0, 0.1) is 0 Å². The second-order valence-corrected chi connectivity index (χ2v) is 5.38. The summed E-state index contributed by atoms with van der Waals surface area (Å²) in [6.07, 6.45) is 3.56. The molecule has 0 aliphatic carbocycles. The molecule has 0 fully saturated rings. The lowest BCUT2D eigenvalue weighted by Crippen LogP contribution is -2.47. The number of aromatic nitrogens is 1. The number of rotatable bonds is 2. The Morgan fingerprint density at radius 2 is 1.90 bits per heavy atom. The molecule has 0 spiro atoms. The number of hydrogen-bond acceptors (Lipinski definition) is 4. The van der Waals surface area contributed by atoms with E-state index in [0.717, 1.165) is 11.3 Å². The van der Waals surface area contributed by atoms with Gasteiger partial charge >= 0.3 is 0 Å². The molecular formula is C15H15ClN4. The van der Waals surface area contributed by atoms with Gasteiger partial charge in [-0.05, 0) is 36.8 Å². The third-order valence-corrected chi connectivity index (χ3v) is 3.99. The highest BCUT2D eigenvalue weighted by Crippen LogP contribution is 2.39. The van der Waals surface area contributed by atoms with Crippen LogP contribution in [0.1, 0.15) is 12.5 Å². The van der Waals surface area contributed by atoms with Gasteiger partial charge in [-0.15, -0.1) is 0 Å². The van der Waals surface area contributed by atoms with E-state index in [0.29, 0.717) is 17.5 Å². The molecule has 0 bridgehead atoms. The average Bonchev–Trinajstić information content (AvgIpc) is 2.78. The zero-order chi connectivity index (χ0) is 14.2. The van der Waals surface area contributed by atoms with Crippen LogP contribution in [-0.4, -0.2) is 17.5 Å². The molecule has 1 atom stereocenters. The van der Waals surface area contributed by atoms with Crippen LogP contribution in [0.25, 0.3) is 0 Å². The van der Waals surface area contributed by atoms with E-state index in [-0.39, 0.29) is 5.54 Å². The molecule has 5 heteroatoms. The molecule has 1 aliphatic rings. The highest BCUT2D eigenvalue weighted by molar-refractivity contribution is 6.34. The van der Waals surface area contributed by atoms with Gasteiger partial charge < -0.3 is 5.73 Å². The average molecular weight is 287 g/mol. The number of pyridine rings is 1. The van der Waals surface area contributed by atoms with Gasteiger partial charge in [-0.1, -0.05) is 23.7 Å². The molecule has 0 saturated heterocycles. The van der Waals surface area contributed by atoms with Crippen molar-refractivity contribution < 1.29 is 0 Å². The van der Waals surface area contributed by atoms with Crippen molar-refractivity contribution in [3.8, 4) is 0 Å². The number of nitrogens with zero attached hydrogens (tertiary/aromatic N) is 3. The molecule has 1 aliphatic heterocycles. The lowest BCUT2D eigenvalue weighted by molar-refractivity contribution is 0.532. The first-order valence-corrected chi connectivity index (χ1v) is 6.76. The third-order valence-electron chi connectivity index (χ3n) is 3.67. The van der Waals surface area contributed by atoms with Gasteiger partial charge in [0.2, 0.25) is 0 Å². The predicted molar refractivity (Wildman–Crippen MR) is 82.0 cm³/mol. The fourth-order valence-corrected chi connectivity index (χ4v) is 2.80. The first kappa shape index (κ1) is 12.9. The summed E-state index contributed by atoms with van der Waals surface area (Å²) in [6, 6.07) is 11.6.